The molecule has 19 heavy (non-hydrogen) atoms. The Morgan fingerprint density at radius 1 is 1.32 bits per heavy atom. The summed E-state index contributed by atoms with van der Waals surface area (Å²) in [7, 11) is 3.61. The molecule has 0 aliphatic rings. The van der Waals surface area contributed by atoms with Crippen molar-refractivity contribution < 1.29 is 9.13 Å². The highest BCUT2D eigenvalue weighted by Crippen LogP contribution is 2.27. The van der Waals surface area contributed by atoms with Crippen LogP contribution in [0, 0.1) is 5.82 Å². The highest BCUT2D eigenvalue weighted by Gasteiger charge is 2.13. The second-order valence-corrected chi connectivity index (χ2v) is 5.12. The molecule has 0 bridgehead atoms. The van der Waals surface area contributed by atoms with Gasteiger partial charge < -0.3 is 14.0 Å². The van der Waals surface area contributed by atoms with Crippen molar-refractivity contribution in [2.24, 2.45) is 0 Å². The molecule has 0 N–H and O–H groups in total. The van der Waals surface area contributed by atoms with Gasteiger partial charge in [0.05, 0.1) is 12.6 Å². The maximum atomic E-state index is 13.8. The van der Waals surface area contributed by atoms with Crippen molar-refractivity contribution in [1.82, 2.24) is 9.30 Å². The first-order valence-corrected chi connectivity index (χ1v) is 6.57. The summed E-state index contributed by atoms with van der Waals surface area (Å²) in [5.41, 5.74) is 1.95. The lowest BCUT2D eigenvalue weighted by Crippen LogP contribution is -2.28. The molecule has 0 amide bonds. The number of hydrogen-bond acceptors (Lipinski definition) is 2. The molecular weight excluding hydrogens is 243 g/mol. The summed E-state index contributed by atoms with van der Waals surface area (Å²) < 4.78 is 20.9. The molecule has 4 heteroatoms. The lowest BCUT2D eigenvalue weighted by atomic mass is 10.1. The number of nitrogens with zero attached hydrogens (tertiary/aromatic N) is 2. The van der Waals surface area contributed by atoms with E-state index in [0.29, 0.717) is 11.8 Å². The fourth-order valence-electron chi connectivity index (χ4n) is 2.16. The molecule has 0 aromatic carbocycles. The van der Waals surface area contributed by atoms with Crippen LogP contribution in [0.3, 0.4) is 0 Å². The molecule has 0 aliphatic heterocycles. The topological polar surface area (TPSA) is 16.9 Å². The molecule has 0 spiro atoms. The number of aromatic nitrogens is 1. The third-order valence-electron chi connectivity index (χ3n) is 3.63. The maximum Gasteiger partial charge on any atom is 0.178 e. The minimum absolute atomic E-state index is 0.313. The van der Waals surface area contributed by atoms with Gasteiger partial charge in [-0.15, -0.1) is 0 Å². The van der Waals surface area contributed by atoms with E-state index >= 15 is 0 Å². The van der Waals surface area contributed by atoms with E-state index in [1.165, 1.54) is 13.2 Å². The molecule has 104 valence electrons. The van der Waals surface area contributed by atoms with Gasteiger partial charge in [-0.2, -0.15) is 0 Å². The van der Waals surface area contributed by atoms with Crippen molar-refractivity contribution in [2.75, 3.05) is 20.7 Å². The molecule has 0 fully saturated rings. The van der Waals surface area contributed by atoms with Crippen LogP contribution in [0.5, 0.6) is 5.75 Å². The minimum atomic E-state index is -0.313. The van der Waals surface area contributed by atoms with Gasteiger partial charge in [-0.3, -0.25) is 0 Å². The second kappa shape index (κ2) is 5.61. The van der Waals surface area contributed by atoms with Crippen LogP contribution in [0.15, 0.2) is 24.5 Å². The van der Waals surface area contributed by atoms with Crippen molar-refractivity contribution in [1.29, 1.82) is 0 Å². The lowest BCUT2D eigenvalue weighted by molar-refractivity contribution is 0.277. The van der Waals surface area contributed by atoms with Gasteiger partial charge in [-0.1, -0.05) is 0 Å². The van der Waals surface area contributed by atoms with E-state index in [0.717, 1.165) is 24.0 Å². The zero-order valence-electron chi connectivity index (χ0n) is 12.0. The molecule has 3 nitrogen and oxygen atoms in total. The van der Waals surface area contributed by atoms with Crippen LogP contribution >= 0.6 is 0 Å². The minimum Gasteiger partial charge on any atom is -0.492 e. The van der Waals surface area contributed by atoms with E-state index in [9.17, 15) is 4.39 Å². The van der Waals surface area contributed by atoms with Gasteiger partial charge in [0.25, 0.3) is 0 Å². The van der Waals surface area contributed by atoms with Crippen LogP contribution in [0.2, 0.25) is 0 Å². The fourth-order valence-corrected chi connectivity index (χ4v) is 2.16. The Hall–Kier alpha value is -1.55. The van der Waals surface area contributed by atoms with Gasteiger partial charge in [0, 0.05) is 25.0 Å². The van der Waals surface area contributed by atoms with E-state index in [1.807, 2.05) is 16.7 Å². The van der Waals surface area contributed by atoms with Crippen LogP contribution in [0.4, 0.5) is 4.39 Å². The summed E-state index contributed by atoms with van der Waals surface area (Å²) in [5.74, 6) is 0.0156. The van der Waals surface area contributed by atoms with Crippen LogP contribution in [0.1, 0.15) is 19.4 Å². The summed E-state index contributed by atoms with van der Waals surface area (Å²) >= 11 is 0. The Balaban J connectivity index is 2.31. The molecule has 0 atom stereocenters. The summed E-state index contributed by atoms with van der Waals surface area (Å²) in [6, 6.07) is 3.97. The highest BCUT2D eigenvalue weighted by molar-refractivity contribution is 5.66. The quantitative estimate of drug-likeness (QED) is 0.825. The van der Waals surface area contributed by atoms with Gasteiger partial charge in [0.2, 0.25) is 0 Å². The zero-order valence-corrected chi connectivity index (χ0v) is 12.0. The van der Waals surface area contributed by atoms with Crippen molar-refractivity contribution in [3.05, 3.63) is 35.9 Å². The van der Waals surface area contributed by atoms with Gasteiger partial charge in [0.15, 0.2) is 11.6 Å². The molecule has 2 aromatic rings. The number of hydrogen-bond donors (Lipinski definition) is 0. The first-order valence-electron chi connectivity index (χ1n) is 6.57. The average molecular weight is 264 g/mol. The predicted octanol–water partition coefficient (Wildman–Crippen LogP) is 2.97. The Kier molecular flexibility index (Phi) is 4.10. The highest BCUT2D eigenvalue weighted by atomic mass is 19.1. The standard InChI is InChI=1S/C15H21FN2O/c1-11(2)17(3)8-5-12-6-9-18-10-7-13(16)15(19-4)14(12)18/h6-7,9-11H,5,8H2,1-4H3. The predicted molar refractivity (Wildman–Crippen MR) is 75.4 cm³/mol. The number of methoxy groups -OCH3 is 1. The SMILES string of the molecule is COc1c(F)ccn2ccc(CCN(C)C(C)C)c12. The van der Waals surface area contributed by atoms with E-state index in [1.54, 1.807) is 6.20 Å². The van der Waals surface area contributed by atoms with Crippen LogP contribution in [0.25, 0.3) is 5.52 Å². The second-order valence-electron chi connectivity index (χ2n) is 5.12. The normalized spacial score (nSPS) is 11.7. The monoisotopic (exact) mass is 264 g/mol. The first-order chi connectivity index (χ1) is 9.04. The van der Waals surface area contributed by atoms with Crippen molar-refractivity contribution >= 4 is 5.52 Å². The summed E-state index contributed by atoms with van der Waals surface area (Å²) in [4.78, 5) is 2.27. The van der Waals surface area contributed by atoms with E-state index in [-0.39, 0.29) is 5.82 Å². The third-order valence-corrected chi connectivity index (χ3v) is 3.63. The Bertz CT molecular complexity index is 563. The largest absolute Gasteiger partial charge is 0.492 e. The number of halogens is 1. The molecule has 0 unspecified atom stereocenters. The smallest absolute Gasteiger partial charge is 0.178 e. The zero-order chi connectivity index (χ0) is 14.0. The number of fused-ring (bicyclic) bond motifs is 1. The first kappa shape index (κ1) is 13.9. The van der Waals surface area contributed by atoms with Crippen molar-refractivity contribution in [3.63, 3.8) is 0 Å². The Morgan fingerprint density at radius 2 is 2.00 bits per heavy atom. The van der Waals surface area contributed by atoms with Gasteiger partial charge in [-0.05, 0) is 45.0 Å². The molecule has 2 rings (SSSR count). The van der Waals surface area contributed by atoms with Gasteiger partial charge in [-0.25, -0.2) is 4.39 Å². The lowest BCUT2D eigenvalue weighted by Gasteiger charge is -2.20. The van der Waals surface area contributed by atoms with E-state index in [4.69, 9.17) is 4.74 Å². The Morgan fingerprint density at radius 3 is 2.63 bits per heavy atom. The van der Waals surface area contributed by atoms with Gasteiger partial charge >= 0.3 is 0 Å². The van der Waals surface area contributed by atoms with Crippen molar-refractivity contribution in [2.45, 2.75) is 26.3 Å². The number of rotatable bonds is 5. The molecule has 2 heterocycles. The number of pyridine rings is 1. The van der Waals surface area contributed by atoms with Gasteiger partial charge in [0.1, 0.15) is 0 Å². The summed E-state index contributed by atoms with van der Waals surface area (Å²) in [5, 5.41) is 0. The number of ether oxygens (including phenoxy) is 1. The average Bonchev–Trinajstić information content (AvgIpc) is 2.79. The summed E-state index contributed by atoms with van der Waals surface area (Å²) in [6.45, 7) is 5.27. The number of likely N-dealkylation sites (N-methyl/N-ethyl adjacent to an activating group) is 1. The van der Waals surface area contributed by atoms with E-state index in [2.05, 4.69) is 25.8 Å². The fraction of sp³-hybridized carbons (Fsp3) is 0.467. The Labute approximate surface area is 113 Å². The third kappa shape index (κ3) is 2.73. The molecule has 2 aromatic heterocycles. The van der Waals surface area contributed by atoms with E-state index < -0.39 is 0 Å². The van der Waals surface area contributed by atoms with Crippen LogP contribution in [-0.4, -0.2) is 36.0 Å². The molecule has 0 aliphatic carbocycles. The molecule has 0 saturated carbocycles. The summed E-state index contributed by atoms with van der Waals surface area (Å²) in [6.07, 6.45) is 4.55. The van der Waals surface area contributed by atoms with Crippen LogP contribution < -0.4 is 4.74 Å². The maximum absolute atomic E-state index is 13.8. The van der Waals surface area contributed by atoms with Crippen LogP contribution in [-0.2, 0) is 6.42 Å². The molecule has 0 saturated heterocycles. The van der Waals surface area contributed by atoms with Crippen molar-refractivity contribution in [3.8, 4) is 5.75 Å². The molecular formula is C15H21FN2O. The molecule has 0 radical (unpaired) electrons.